The fraction of sp³-hybridized carbons (Fsp3) is 0.429. The molecule has 0 bridgehead atoms. The standard InChI is InChI=1S/C14H17FN2O4/c15-11-3-1-2-10(6-11)8-16-14(20)17-4-5-21-12(9-17)7-13(18)19/h1-3,6,12H,4-5,7-9H2,(H,16,20)(H,18,19). The highest BCUT2D eigenvalue weighted by atomic mass is 19.1. The van der Waals surface area contributed by atoms with E-state index in [0.717, 1.165) is 0 Å². The maximum Gasteiger partial charge on any atom is 0.317 e. The number of hydrogen-bond donors (Lipinski definition) is 2. The molecule has 0 spiro atoms. The molecule has 1 aromatic rings. The first kappa shape index (κ1) is 15.2. The van der Waals surface area contributed by atoms with Gasteiger partial charge in [-0.15, -0.1) is 0 Å². The normalized spacial score (nSPS) is 18.3. The Morgan fingerprint density at radius 2 is 2.29 bits per heavy atom. The van der Waals surface area contributed by atoms with E-state index in [-0.39, 0.29) is 31.4 Å². The van der Waals surface area contributed by atoms with Gasteiger partial charge in [-0.05, 0) is 17.7 Å². The van der Waals surface area contributed by atoms with Crippen LogP contribution in [0.3, 0.4) is 0 Å². The Morgan fingerprint density at radius 3 is 3.00 bits per heavy atom. The minimum atomic E-state index is -0.956. The van der Waals surface area contributed by atoms with Gasteiger partial charge in [-0.25, -0.2) is 9.18 Å². The SMILES string of the molecule is O=C(O)CC1CN(C(=O)NCc2cccc(F)c2)CCO1. The van der Waals surface area contributed by atoms with Crippen LogP contribution in [0.1, 0.15) is 12.0 Å². The molecule has 0 saturated carbocycles. The van der Waals surface area contributed by atoms with Crippen molar-refractivity contribution < 1.29 is 23.8 Å². The van der Waals surface area contributed by atoms with Crippen LogP contribution >= 0.6 is 0 Å². The second-order valence-electron chi connectivity index (χ2n) is 4.83. The molecule has 0 aliphatic carbocycles. The number of carbonyl (C=O) groups excluding carboxylic acids is 1. The number of hydrogen-bond acceptors (Lipinski definition) is 3. The van der Waals surface area contributed by atoms with Crippen molar-refractivity contribution in [3.8, 4) is 0 Å². The number of nitrogens with zero attached hydrogens (tertiary/aromatic N) is 1. The number of morpholine rings is 1. The molecule has 0 aromatic heterocycles. The topological polar surface area (TPSA) is 78.9 Å². The van der Waals surface area contributed by atoms with Crippen LogP contribution in [0.4, 0.5) is 9.18 Å². The summed E-state index contributed by atoms with van der Waals surface area (Å²) < 4.78 is 18.3. The zero-order valence-corrected chi connectivity index (χ0v) is 11.4. The summed E-state index contributed by atoms with van der Waals surface area (Å²) in [4.78, 5) is 24.2. The van der Waals surface area contributed by atoms with Gasteiger partial charge < -0.3 is 20.1 Å². The van der Waals surface area contributed by atoms with E-state index in [4.69, 9.17) is 9.84 Å². The van der Waals surface area contributed by atoms with Gasteiger partial charge in [0.2, 0.25) is 0 Å². The Bertz CT molecular complexity index is 523. The largest absolute Gasteiger partial charge is 0.481 e. The maximum atomic E-state index is 13.0. The van der Waals surface area contributed by atoms with Crippen LogP contribution < -0.4 is 5.32 Å². The van der Waals surface area contributed by atoms with Gasteiger partial charge in [0, 0.05) is 19.6 Å². The van der Waals surface area contributed by atoms with Gasteiger partial charge in [0.25, 0.3) is 0 Å². The summed E-state index contributed by atoms with van der Waals surface area (Å²) in [5.41, 5.74) is 0.665. The first-order valence-corrected chi connectivity index (χ1v) is 6.65. The Kier molecular flexibility index (Phi) is 5.10. The van der Waals surface area contributed by atoms with Crippen LogP contribution in [-0.4, -0.2) is 47.8 Å². The lowest BCUT2D eigenvalue weighted by atomic mass is 10.2. The van der Waals surface area contributed by atoms with Crippen molar-refractivity contribution >= 4 is 12.0 Å². The average Bonchev–Trinajstić information content (AvgIpc) is 2.44. The Balaban J connectivity index is 1.83. The van der Waals surface area contributed by atoms with Crippen LogP contribution in [0.2, 0.25) is 0 Å². The number of carbonyl (C=O) groups is 2. The van der Waals surface area contributed by atoms with E-state index in [1.807, 2.05) is 0 Å². The fourth-order valence-corrected chi connectivity index (χ4v) is 2.16. The molecule has 1 fully saturated rings. The van der Waals surface area contributed by atoms with E-state index in [0.29, 0.717) is 18.7 Å². The number of amides is 2. The van der Waals surface area contributed by atoms with Crippen molar-refractivity contribution in [3.63, 3.8) is 0 Å². The number of carboxylic acids is 1. The molecule has 2 rings (SSSR count). The number of rotatable bonds is 4. The van der Waals surface area contributed by atoms with Crippen molar-refractivity contribution in [1.29, 1.82) is 0 Å². The van der Waals surface area contributed by atoms with Crippen molar-refractivity contribution in [3.05, 3.63) is 35.6 Å². The number of carboxylic acid groups (broad SMARTS) is 1. The minimum Gasteiger partial charge on any atom is -0.481 e. The summed E-state index contributed by atoms with van der Waals surface area (Å²) in [6.45, 7) is 1.18. The lowest BCUT2D eigenvalue weighted by Gasteiger charge is -2.32. The third-order valence-electron chi connectivity index (χ3n) is 3.16. The van der Waals surface area contributed by atoms with E-state index in [1.165, 1.54) is 17.0 Å². The van der Waals surface area contributed by atoms with Gasteiger partial charge in [0.15, 0.2) is 0 Å². The smallest absolute Gasteiger partial charge is 0.317 e. The molecular weight excluding hydrogens is 279 g/mol. The highest BCUT2D eigenvalue weighted by Gasteiger charge is 2.25. The first-order chi connectivity index (χ1) is 10.0. The minimum absolute atomic E-state index is 0.131. The quantitative estimate of drug-likeness (QED) is 0.875. The summed E-state index contributed by atoms with van der Waals surface area (Å²) in [6.07, 6.45) is -0.621. The molecule has 2 N–H and O–H groups in total. The predicted molar refractivity (Wildman–Crippen MR) is 72.2 cm³/mol. The lowest BCUT2D eigenvalue weighted by molar-refractivity contribution is -0.141. The highest BCUT2D eigenvalue weighted by Crippen LogP contribution is 2.09. The van der Waals surface area contributed by atoms with Gasteiger partial charge in [-0.3, -0.25) is 4.79 Å². The average molecular weight is 296 g/mol. The summed E-state index contributed by atoms with van der Waals surface area (Å²) in [6, 6.07) is 5.68. The molecule has 1 aromatic carbocycles. The Labute approximate surface area is 121 Å². The van der Waals surface area contributed by atoms with Crippen LogP contribution in [0.5, 0.6) is 0 Å². The van der Waals surface area contributed by atoms with Crippen LogP contribution in [0, 0.1) is 5.82 Å². The molecule has 1 saturated heterocycles. The van der Waals surface area contributed by atoms with Crippen LogP contribution in [0.25, 0.3) is 0 Å². The third kappa shape index (κ3) is 4.71. The number of aliphatic carboxylic acids is 1. The molecule has 1 aliphatic rings. The van der Waals surface area contributed by atoms with Crippen molar-refractivity contribution in [2.45, 2.75) is 19.1 Å². The second kappa shape index (κ2) is 7.03. The predicted octanol–water partition coefficient (Wildman–Crippen LogP) is 1.21. The summed E-state index contributed by atoms with van der Waals surface area (Å²) >= 11 is 0. The lowest BCUT2D eigenvalue weighted by Crippen LogP contribution is -2.49. The molecule has 2 amide bonds. The van der Waals surface area contributed by atoms with Gasteiger partial charge in [0.05, 0.1) is 19.1 Å². The van der Waals surface area contributed by atoms with Crippen molar-refractivity contribution in [2.75, 3.05) is 19.7 Å². The van der Waals surface area contributed by atoms with Gasteiger partial charge >= 0.3 is 12.0 Å². The van der Waals surface area contributed by atoms with E-state index in [9.17, 15) is 14.0 Å². The summed E-state index contributed by atoms with van der Waals surface area (Å²) in [5.74, 6) is -1.31. The van der Waals surface area contributed by atoms with E-state index in [2.05, 4.69) is 5.32 Å². The van der Waals surface area contributed by atoms with E-state index < -0.39 is 12.1 Å². The zero-order valence-electron chi connectivity index (χ0n) is 11.4. The molecule has 21 heavy (non-hydrogen) atoms. The van der Waals surface area contributed by atoms with E-state index >= 15 is 0 Å². The summed E-state index contributed by atoms with van der Waals surface area (Å²) in [5, 5.41) is 11.4. The Hall–Kier alpha value is -2.15. The molecule has 1 unspecified atom stereocenters. The molecule has 0 radical (unpaired) electrons. The highest BCUT2D eigenvalue weighted by molar-refractivity contribution is 5.74. The molecule has 1 aliphatic heterocycles. The molecule has 114 valence electrons. The van der Waals surface area contributed by atoms with Crippen molar-refractivity contribution in [2.24, 2.45) is 0 Å². The van der Waals surface area contributed by atoms with Gasteiger partial charge in [-0.2, -0.15) is 0 Å². The van der Waals surface area contributed by atoms with Crippen LogP contribution in [0.15, 0.2) is 24.3 Å². The maximum absolute atomic E-state index is 13.0. The number of benzene rings is 1. The monoisotopic (exact) mass is 296 g/mol. The Morgan fingerprint density at radius 1 is 1.48 bits per heavy atom. The number of urea groups is 1. The molecule has 7 heteroatoms. The summed E-state index contributed by atoms with van der Waals surface area (Å²) in [7, 11) is 0. The number of halogens is 1. The second-order valence-corrected chi connectivity index (χ2v) is 4.83. The number of nitrogens with one attached hydrogen (secondary N) is 1. The van der Waals surface area contributed by atoms with Gasteiger partial charge in [-0.1, -0.05) is 12.1 Å². The number of ether oxygens (including phenoxy) is 1. The van der Waals surface area contributed by atoms with Crippen LogP contribution in [-0.2, 0) is 16.1 Å². The molecule has 1 atom stereocenters. The zero-order chi connectivity index (χ0) is 15.2. The van der Waals surface area contributed by atoms with Crippen molar-refractivity contribution in [1.82, 2.24) is 10.2 Å². The van der Waals surface area contributed by atoms with E-state index in [1.54, 1.807) is 12.1 Å². The van der Waals surface area contributed by atoms with Gasteiger partial charge in [0.1, 0.15) is 5.82 Å². The molecular formula is C14H17FN2O4. The molecule has 1 heterocycles. The molecule has 6 nitrogen and oxygen atoms in total. The third-order valence-corrected chi connectivity index (χ3v) is 3.16. The fourth-order valence-electron chi connectivity index (χ4n) is 2.16. The first-order valence-electron chi connectivity index (χ1n) is 6.65.